The molecule has 0 atom stereocenters. The lowest BCUT2D eigenvalue weighted by Gasteiger charge is -2.26. The molecule has 1 aromatic heterocycles. The summed E-state index contributed by atoms with van der Waals surface area (Å²) < 4.78 is 26.7. The van der Waals surface area contributed by atoms with Gasteiger partial charge in [-0.3, -0.25) is 19.2 Å². The summed E-state index contributed by atoms with van der Waals surface area (Å²) in [6, 6.07) is -0.611. The fourth-order valence-electron chi connectivity index (χ4n) is 1.63. The molecule has 0 unspecified atom stereocenters. The number of imide groups is 1. The van der Waals surface area contributed by atoms with Crippen molar-refractivity contribution < 1.29 is 22.2 Å². The number of nitrogens with one attached hydrogen (secondary N) is 1. The zero-order valence-electron chi connectivity index (χ0n) is 10.6. The van der Waals surface area contributed by atoms with Gasteiger partial charge in [-0.05, 0) is 0 Å². The molecular formula is C10H12N4O5S. The van der Waals surface area contributed by atoms with E-state index in [1.54, 1.807) is 0 Å². The minimum Gasteiger partial charge on any atom is -0.278 e. The van der Waals surface area contributed by atoms with E-state index in [1.165, 1.54) is 17.4 Å². The third-order valence-electron chi connectivity index (χ3n) is 2.50. The van der Waals surface area contributed by atoms with Gasteiger partial charge in [0.15, 0.2) is 0 Å². The van der Waals surface area contributed by atoms with Gasteiger partial charge in [0.25, 0.3) is 10.1 Å². The van der Waals surface area contributed by atoms with Crippen molar-refractivity contribution in [3.05, 3.63) is 18.1 Å². The summed E-state index contributed by atoms with van der Waals surface area (Å²) in [6.07, 6.45) is 3.64. The van der Waals surface area contributed by atoms with Crippen molar-refractivity contribution in [2.24, 2.45) is 0 Å². The number of aromatic nitrogens is 2. The second kappa shape index (κ2) is 5.51. The topological polar surface area (TPSA) is 119 Å². The minimum atomic E-state index is -3.62. The van der Waals surface area contributed by atoms with Crippen LogP contribution in [-0.4, -0.2) is 43.1 Å². The number of nitrogens with zero attached hydrogens (tertiary/aromatic N) is 3. The van der Waals surface area contributed by atoms with Crippen LogP contribution in [0.15, 0.2) is 12.5 Å². The Morgan fingerprint density at radius 3 is 2.85 bits per heavy atom. The van der Waals surface area contributed by atoms with Crippen LogP contribution in [0.3, 0.4) is 0 Å². The molecule has 0 aliphatic carbocycles. The lowest BCUT2D eigenvalue weighted by Crippen LogP contribution is -2.50. The number of urea groups is 1. The van der Waals surface area contributed by atoms with Crippen molar-refractivity contribution >= 4 is 27.9 Å². The molecular weight excluding hydrogens is 288 g/mol. The van der Waals surface area contributed by atoms with E-state index >= 15 is 0 Å². The molecule has 0 spiro atoms. The van der Waals surface area contributed by atoms with E-state index in [1.807, 2.05) is 0 Å². The van der Waals surface area contributed by atoms with Gasteiger partial charge < -0.3 is 0 Å². The van der Waals surface area contributed by atoms with Crippen molar-refractivity contribution in [2.45, 2.75) is 13.0 Å². The van der Waals surface area contributed by atoms with Crippen LogP contribution in [0, 0.1) is 0 Å². The number of carbonyl (C=O) groups is 2. The Hall–Kier alpha value is -2.07. The molecule has 1 fully saturated rings. The van der Waals surface area contributed by atoms with Gasteiger partial charge in [0.1, 0.15) is 12.1 Å². The van der Waals surface area contributed by atoms with Crippen molar-refractivity contribution in [1.82, 2.24) is 15.3 Å². The zero-order valence-corrected chi connectivity index (χ0v) is 11.4. The molecule has 1 aromatic rings. The smallest absolute Gasteiger partial charge is 0.278 e. The molecule has 2 rings (SSSR count). The third kappa shape index (κ3) is 3.48. The molecule has 0 aromatic carbocycles. The van der Waals surface area contributed by atoms with Gasteiger partial charge in [0, 0.05) is 24.7 Å². The highest BCUT2D eigenvalue weighted by atomic mass is 32.2. The Morgan fingerprint density at radius 2 is 2.20 bits per heavy atom. The number of anilines is 1. The highest BCUT2D eigenvalue weighted by molar-refractivity contribution is 7.85. The largest absolute Gasteiger partial charge is 0.329 e. The fourth-order valence-corrected chi connectivity index (χ4v) is 1.97. The normalized spacial score (nSPS) is 16.1. The highest BCUT2D eigenvalue weighted by Gasteiger charge is 2.27. The van der Waals surface area contributed by atoms with Gasteiger partial charge in [-0.1, -0.05) is 0 Å². The molecule has 3 amide bonds. The predicted molar refractivity (Wildman–Crippen MR) is 67.2 cm³/mol. The van der Waals surface area contributed by atoms with Crippen LogP contribution >= 0.6 is 0 Å². The van der Waals surface area contributed by atoms with Crippen LogP contribution in [0.25, 0.3) is 0 Å². The van der Waals surface area contributed by atoms with E-state index < -0.39 is 16.1 Å². The van der Waals surface area contributed by atoms with Crippen LogP contribution in [-0.2, 0) is 25.7 Å². The molecule has 1 aliphatic heterocycles. The van der Waals surface area contributed by atoms with E-state index in [0.29, 0.717) is 5.56 Å². The Kier molecular flexibility index (Phi) is 3.95. The number of hydrogen-bond donors (Lipinski definition) is 1. The maximum absolute atomic E-state index is 11.7. The maximum atomic E-state index is 11.7. The van der Waals surface area contributed by atoms with E-state index in [4.69, 9.17) is 0 Å². The zero-order chi connectivity index (χ0) is 14.8. The molecule has 0 saturated carbocycles. The monoisotopic (exact) mass is 300 g/mol. The first-order chi connectivity index (χ1) is 9.37. The molecule has 9 nitrogen and oxygen atoms in total. The maximum Gasteiger partial charge on any atom is 0.329 e. The van der Waals surface area contributed by atoms with Gasteiger partial charge in [-0.25, -0.2) is 14.8 Å². The van der Waals surface area contributed by atoms with E-state index in [9.17, 15) is 18.0 Å². The Balaban J connectivity index is 2.23. The predicted octanol–water partition coefficient (Wildman–Crippen LogP) is -0.601. The first kappa shape index (κ1) is 14.3. The second-order valence-electron chi connectivity index (χ2n) is 4.09. The first-order valence-corrected chi connectivity index (χ1v) is 7.43. The van der Waals surface area contributed by atoms with Crippen molar-refractivity contribution in [2.75, 3.05) is 17.7 Å². The van der Waals surface area contributed by atoms with Gasteiger partial charge in [0.2, 0.25) is 5.91 Å². The molecule has 20 heavy (non-hydrogen) atoms. The minimum absolute atomic E-state index is 0.141. The molecule has 1 saturated heterocycles. The SMILES string of the molecule is CS(=O)(=O)OCc1cncnc1N1CCC(=O)NC1=O. The van der Waals surface area contributed by atoms with E-state index in [-0.39, 0.29) is 31.3 Å². The fraction of sp³-hybridized carbons (Fsp3) is 0.400. The van der Waals surface area contributed by atoms with Crippen LogP contribution < -0.4 is 10.2 Å². The van der Waals surface area contributed by atoms with Gasteiger partial charge in [-0.15, -0.1) is 0 Å². The number of rotatable bonds is 4. The number of amides is 3. The standard InChI is InChI=1S/C10H12N4O5S/c1-20(17,18)19-5-7-4-11-6-12-9(7)14-3-2-8(15)13-10(14)16/h4,6H,2-3,5H2,1H3,(H,13,15,16). The highest BCUT2D eigenvalue weighted by Crippen LogP contribution is 2.19. The molecule has 0 radical (unpaired) electrons. The van der Waals surface area contributed by atoms with E-state index in [0.717, 1.165) is 6.26 Å². The molecule has 108 valence electrons. The summed E-state index contributed by atoms with van der Waals surface area (Å²) in [4.78, 5) is 31.8. The lowest BCUT2D eigenvalue weighted by atomic mass is 10.2. The van der Waals surface area contributed by atoms with E-state index in [2.05, 4.69) is 19.5 Å². The second-order valence-corrected chi connectivity index (χ2v) is 5.74. The summed E-state index contributed by atoms with van der Waals surface area (Å²) >= 11 is 0. The number of carbonyl (C=O) groups excluding carboxylic acids is 2. The van der Waals surface area contributed by atoms with Gasteiger partial charge in [0.05, 0.1) is 12.9 Å². The Labute approximate surface area is 115 Å². The van der Waals surface area contributed by atoms with Crippen LogP contribution in [0.5, 0.6) is 0 Å². The summed E-state index contributed by atoms with van der Waals surface area (Å²) in [7, 11) is -3.62. The Morgan fingerprint density at radius 1 is 1.45 bits per heavy atom. The van der Waals surface area contributed by atoms with Crippen LogP contribution in [0.4, 0.5) is 10.6 Å². The molecule has 2 heterocycles. The van der Waals surface area contributed by atoms with Crippen LogP contribution in [0.2, 0.25) is 0 Å². The van der Waals surface area contributed by atoms with Crippen molar-refractivity contribution in [3.63, 3.8) is 0 Å². The average Bonchev–Trinajstić information content (AvgIpc) is 2.36. The Bertz CT molecular complexity index is 645. The summed E-state index contributed by atoms with van der Waals surface area (Å²) in [6.45, 7) is -0.125. The summed E-state index contributed by atoms with van der Waals surface area (Å²) in [5, 5.41) is 2.16. The van der Waals surface area contributed by atoms with Crippen LogP contribution in [0.1, 0.15) is 12.0 Å². The van der Waals surface area contributed by atoms with Crippen molar-refractivity contribution in [1.29, 1.82) is 0 Å². The number of hydrogen-bond acceptors (Lipinski definition) is 7. The summed E-state index contributed by atoms with van der Waals surface area (Å²) in [5.74, 6) is -0.150. The quantitative estimate of drug-likeness (QED) is 0.737. The average molecular weight is 300 g/mol. The first-order valence-electron chi connectivity index (χ1n) is 5.61. The van der Waals surface area contributed by atoms with Gasteiger partial charge >= 0.3 is 6.03 Å². The molecule has 0 bridgehead atoms. The lowest BCUT2D eigenvalue weighted by molar-refractivity contribution is -0.120. The summed E-state index contributed by atoms with van der Waals surface area (Å²) in [5.41, 5.74) is 0.336. The van der Waals surface area contributed by atoms with Crippen molar-refractivity contribution in [3.8, 4) is 0 Å². The van der Waals surface area contributed by atoms with Gasteiger partial charge in [-0.2, -0.15) is 8.42 Å². The molecule has 1 N–H and O–H groups in total. The molecule has 1 aliphatic rings. The molecule has 10 heteroatoms. The third-order valence-corrected chi connectivity index (χ3v) is 3.05.